The fourth-order valence-corrected chi connectivity index (χ4v) is 4.16. The lowest BCUT2D eigenvalue weighted by Crippen LogP contribution is -2.41. The molecule has 0 bridgehead atoms. The summed E-state index contributed by atoms with van der Waals surface area (Å²) in [6.45, 7) is 5.65. The molecule has 0 aliphatic carbocycles. The van der Waals surface area contributed by atoms with Crippen molar-refractivity contribution in [1.82, 2.24) is 35.6 Å². The molecule has 0 spiro atoms. The lowest BCUT2D eigenvalue weighted by atomic mass is 10.1. The molecule has 3 heterocycles. The summed E-state index contributed by atoms with van der Waals surface area (Å²) in [6.07, 6.45) is 3.09. The molecule has 0 aliphatic rings. The fraction of sp³-hybridized carbons (Fsp3) is 0.167. The molecule has 10 heteroatoms. The maximum Gasteiger partial charge on any atom is 0.273 e. The number of nitrogens with one attached hydrogen (secondary N) is 2. The van der Waals surface area contributed by atoms with Gasteiger partial charge in [0, 0.05) is 28.9 Å². The zero-order chi connectivity index (χ0) is 24.1. The van der Waals surface area contributed by atoms with Crippen molar-refractivity contribution >= 4 is 23.6 Å². The Bertz CT molecular complexity index is 1300. The van der Waals surface area contributed by atoms with Gasteiger partial charge < -0.3 is 0 Å². The van der Waals surface area contributed by atoms with Crippen LogP contribution in [0.4, 0.5) is 0 Å². The number of aromatic nitrogens is 5. The highest BCUT2D eigenvalue weighted by molar-refractivity contribution is 7.98. The van der Waals surface area contributed by atoms with Crippen molar-refractivity contribution in [3.8, 4) is 5.82 Å². The molecule has 2 amide bonds. The average molecular weight is 474 g/mol. The van der Waals surface area contributed by atoms with Crippen LogP contribution in [0.5, 0.6) is 0 Å². The number of hydrogen-bond acceptors (Lipinski definition) is 7. The molecule has 0 radical (unpaired) electrons. The van der Waals surface area contributed by atoms with Gasteiger partial charge >= 0.3 is 0 Å². The van der Waals surface area contributed by atoms with Gasteiger partial charge in [-0.05, 0) is 56.7 Å². The first kappa shape index (κ1) is 23.1. The number of hydrazine groups is 1. The second-order valence-electron chi connectivity index (χ2n) is 7.57. The molecule has 3 aromatic heterocycles. The molecule has 172 valence electrons. The van der Waals surface area contributed by atoms with E-state index in [4.69, 9.17) is 0 Å². The number of amides is 2. The highest BCUT2D eigenvalue weighted by Crippen LogP contribution is 2.20. The van der Waals surface area contributed by atoms with Crippen LogP contribution in [0.15, 0.2) is 66.1 Å². The van der Waals surface area contributed by atoms with Crippen LogP contribution < -0.4 is 10.9 Å². The monoisotopic (exact) mass is 473 g/mol. The van der Waals surface area contributed by atoms with E-state index in [-0.39, 0.29) is 0 Å². The van der Waals surface area contributed by atoms with Crippen LogP contribution in [0.1, 0.15) is 43.4 Å². The summed E-state index contributed by atoms with van der Waals surface area (Å²) in [5.41, 5.74) is 9.17. The zero-order valence-corrected chi connectivity index (χ0v) is 19.8. The summed E-state index contributed by atoms with van der Waals surface area (Å²) < 4.78 is 1.57. The zero-order valence-electron chi connectivity index (χ0n) is 18.9. The number of carbonyl (C=O) groups is 2. The van der Waals surface area contributed by atoms with Crippen LogP contribution in [0, 0.1) is 20.8 Å². The molecule has 0 saturated carbocycles. The van der Waals surface area contributed by atoms with E-state index in [0.717, 1.165) is 22.1 Å². The van der Waals surface area contributed by atoms with Crippen LogP contribution >= 0.6 is 11.8 Å². The van der Waals surface area contributed by atoms with E-state index < -0.39 is 11.8 Å². The minimum atomic E-state index is -0.463. The lowest BCUT2D eigenvalue weighted by Gasteiger charge is -2.08. The number of hydrogen-bond donors (Lipinski definition) is 2. The number of pyridine rings is 1. The SMILES string of the molecule is Cc1cc(C)nc(SCc2ccc(C(=O)NNC(=O)c3cnn(-c4ccccn4)c3C)cc2)n1. The Kier molecular flexibility index (Phi) is 6.98. The van der Waals surface area contributed by atoms with E-state index in [0.29, 0.717) is 28.4 Å². The van der Waals surface area contributed by atoms with Gasteiger partial charge in [-0.3, -0.25) is 20.4 Å². The van der Waals surface area contributed by atoms with Crippen molar-refractivity contribution in [2.75, 3.05) is 0 Å². The largest absolute Gasteiger partial charge is 0.273 e. The Morgan fingerprint density at radius 1 is 0.941 bits per heavy atom. The van der Waals surface area contributed by atoms with Gasteiger partial charge in [0.15, 0.2) is 11.0 Å². The van der Waals surface area contributed by atoms with Gasteiger partial charge in [-0.2, -0.15) is 5.10 Å². The van der Waals surface area contributed by atoms with Gasteiger partial charge in [0.05, 0.1) is 17.5 Å². The average Bonchev–Trinajstić information content (AvgIpc) is 3.22. The first-order valence-electron chi connectivity index (χ1n) is 10.5. The smallest absolute Gasteiger partial charge is 0.267 e. The predicted molar refractivity (Wildman–Crippen MR) is 129 cm³/mol. The minimum absolute atomic E-state index is 0.340. The Morgan fingerprint density at radius 3 is 2.32 bits per heavy atom. The summed E-state index contributed by atoms with van der Waals surface area (Å²) in [7, 11) is 0. The summed E-state index contributed by atoms with van der Waals surface area (Å²) >= 11 is 1.54. The number of thioether (sulfide) groups is 1. The van der Waals surface area contributed by atoms with Crippen LogP contribution in [0.25, 0.3) is 5.82 Å². The van der Waals surface area contributed by atoms with E-state index in [1.54, 1.807) is 42.1 Å². The summed E-state index contributed by atoms with van der Waals surface area (Å²) in [5.74, 6) is 0.404. The number of nitrogens with zero attached hydrogens (tertiary/aromatic N) is 5. The van der Waals surface area contributed by atoms with Crippen LogP contribution in [-0.4, -0.2) is 36.5 Å². The Labute approximate surface area is 201 Å². The van der Waals surface area contributed by atoms with Crippen LogP contribution in [0.3, 0.4) is 0 Å². The van der Waals surface area contributed by atoms with Crippen molar-refractivity contribution in [2.45, 2.75) is 31.7 Å². The maximum absolute atomic E-state index is 12.6. The van der Waals surface area contributed by atoms with E-state index in [9.17, 15) is 9.59 Å². The molecule has 0 fully saturated rings. The third-order valence-electron chi connectivity index (χ3n) is 4.96. The molecule has 34 heavy (non-hydrogen) atoms. The Morgan fingerprint density at radius 2 is 1.65 bits per heavy atom. The summed E-state index contributed by atoms with van der Waals surface area (Å²) in [4.78, 5) is 38.1. The van der Waals surface area contributed by atoms with Gasteiger partial charge in [-0.1, -0.05) is 30.0 Å². The molecule has 4 rings (SSSR count). The molecule has 4 aromatic rings. The first-order valence-corrected chi connectivity index (χ1v) is 11.5. The van der Waals surface area contributed by atoms with Gasteiger partial charge in [0.2, 0.25) is 0 Å². The third-order valence-corrected chi connectivity index (χ3v) is 5.87. The fourth-order valence-electron chi connectivity index (χ4n) is 3.25. The van der Waals surface area contributed by atoms with Gasteiger partial charge in [0.25, 0.3) is 11.8 Å². The van der Waals surface area contributed by atoms with Gasteiger partial charge in [-0.15, -0.1) is 0 Å². The highest BCUT2D eigenvalue weighted by Gasteiger charge is 2.16. The molecule has 0 saturated heterocycles. The molecule has 0 aliphatic heterocycles. The van der Waals surface area contributed by atoms with Gasteiger partial charge in [-0.25, -0.2) is 19.6 Å². The molecule has 2 N–H and O–H groups in total. The van der Waals surface area contributed by atoms with Crippen molar-refractivity contribution in [3.63, 3.8) is 0 Å². The highest BCUT2D eigenvalue weighted by atomic mass is 32.2. The van der Waals surface area contributed by atoms with Crippen molar-refractivity contribution in [2.24, 2.45) is 0 Å². The molecule has 0 atom stereocenters. The predicted octanol–water partition coefficient (Wildman–Crippen LogP) is 3.35. The van der Waals surface area contributed by atoms with E-state index in [1.165, 1.54) is 18.0 Å². The number of benzene rings is 1. The quantitative estimate of drug-likeness (QED) is 0.251. The van der Waals surface area contributed by atoms with E-state index in [1.807, 2.05) is 38.1 Å². The second kappa shape index (κ2) is 10.3. The molecule has 9 nitrogen and oxygen atoms in total. The topological polar surface area (TPSA) is 115 Å². The van der Waals surface area contributed by atoms with Crippen LogP contribution in [0.2, 0.25) is 0 Å². The normalized spacial score (nSPS) is 10.7. The first-order chi connectivity index (χ1) is 16.4. The molecular formula is C24H23N7O2S. The van der Waals surface area contributed by atoms with Crippen molar-refractivity contribution in [3.05, 3.63) is 94.7 Å². The number of rotatable bonds is 6. The summed E-state index contributed by atoms with van der Waals surface area (Å²) in [5, 5.41) is 4.95. The van der Waals surface area contributed by atoms with E-state index in [2.05, 4.69) is 30.9 Å². The number of aryl methyl sites for hydroxylation is 2. The minimum Gasteiger partial charge on any atom is -0.267 e. The number of carbonyl (C=O) groups excluding carboxylic acids is 2. The van der Waals surface area contributed by atoms with Crippen LogP contribution in [-0.2, 0) is 5.75 Å². The Hall–Kier alpha value is -4.05. The lowest BCUT2D eigenvalue weighted by molar-refractivity contribution is 0.0846. The molecule has 1 aromatic carbocycles. The standard InChI is InChI=1S/C24H23N7O2S/c1-15-12-16(2)28-24(27-15)34-14-18-7-9-19(10-8-18)22(32)29-30-23(33)20-13-26-31(17(20)3)21-6-4-5-11-25-21/h4-13H,14H2,1-3H3,(H,29,32)(H,30,33). The second-order valence-corrected chi connectivity index (χ2v) is 8.51. The van der Waals surface area contributed by atoms with E-state index >= 15 is 0 Å². The molecule has 0 unspecified atom stereocenters. The van der Waals surface area contributed by atoms with Gasteiger partial charge in [0.1, 0.15) is 0 Å². The van der Waals surface area contributed by atoms with Crippen molar-refractivity contribution < 1.29 is 9.59 Å². The summed E-state index contributed by atoms with van der Waals surface area (Å²) in [6, 6.07) is 14.5. The Balaban J connectivity index is 1.32. The molecular weight excluding hydrogens is 450 g/mol. The van der Waals surface area contributed by atoms with Crippen molar-refractivity contribution in [1.29, 1.82) is 0 Å². The third kappa shape index (κ3) is 5.46. The maximum atomic E-state index is 12.6.